The third-order valence-corrected chi connectivity index (χ3v) is 3.68. The van der Waals surface area contributed by atoms with Crippen molar-refractivity contribution in [1.29, 1.82) is 0 Å². The number of hydrogen-bond acceptors (Lipinski definition) is 4. The Kier molecular flexibility index (Phi) is 4.53. The summed E-state index contributed by atoms with van der Waals surface area (Å²) < 4.78 is 48.6. The lowest BCUT2D eigenvalue weighted by Gasteiger charge is -2.26. The smallest absolute Gasteiger partial charge is 0.433 e. The minimum atomic E-state index is -4.49. The second-order valence-corrected chi connectivity index (χ2v) is 5.43. The van der Waals surface area contributed by atoms with Gasteiger partial charge in [-0.2, -0.15) is 13.2 Å². The Labute approximate surface area is 136 Å². The van der Waals surface area contributed by atoms with Crippen LogP contribution < -0.4 is 4.74 Å². The number of halogens is 3. The molecule has 0 spiro atoms. The molecule has 1 aromatic carbocycles. The van der Waals surface area contributed by atoms with Crippen LogP contribution in [0.1, 0.15) is 22.5 Å². The average molecular weight is 337 g/mol. The largest absolute Gasteiger partial charge is 0.491 e. The molecule has 3 rings (SSSR count). The van der Waals surface area contributed by atoms with E-state index in [1.165, 1.54) is 6.07 Å². The number of pyridine rings is 1. The number of benzene rings is 1. The highest BCUT2D eigenvalue weighted by molar-refractivity contribution is 5.80. The van der Waals surface area contributed by atoms with Crippen LogP contribution in [0.15, 0.2) is 36.5 Å². The molecule has 7 heteroatoms. The number of alkyl halides is 3. The standard InChI is InChI=1S/C17H14F3NO3/c18-17(19,20)16-2-1-12(8-21-16)13-5-11(9-22)6-15(7-13)24-10-14-3-4-23-14/h1-2,5-9,14H,3-4,10H2. The van der Waals surface area contributed by atoms with Crippen LogP contribution in [-0.2, 0) is 10.9 Å². The number of carbonyl (C=O) groups excluding carboxylic acids is 1. The lowest BCUT2D eigenvalue weighted by atomic mass is 10.0. The van der Waals surface area contributed by atoms with Crippen molar-refractivity contribution in [2.45, 2.75) is 18.7 Å². The number of aldehydes is 1. The third-order valence-electron chi connectivity index (χ3n) is 3.68. The highest BCUT2D eigenvalue weighted by atomic mass is 19.4. The zero-order chi connectivity index (χ0) is 17.2. The molecule has 2 aromatic rings. The SMILES string of the molecule is O=Cc1cc(OCC2CCO2)cc(-c2ccc(C(F)(F)F)nc2)c1. The molecular weight excluding hydrogens is 323 g/mol. The summed E-state index contributed by atoms with van der Waals surface area (Å²) in [7, 11) is 0. The van der Waals surface area contributed by atoms with Crippen LogP contribution in [-0.4, -0.2) is 30.6 Å². The number of carbonyl (C=O) groups is 1. The van der Waals surface area contributed by atoms with E-state index in [-0.39, 0.29) is 6.10 Å². The minimum Gasteiger partial charge on any atom is -0.491 e. The molecule has 0 radical (unpaired) electrons. The summed E-state index contributed by atoms with van der Waals surface area (Å²) in [4.78, 5) is 14.5. The molecule has 0 saturated carbocycles. The number of hydrogen-bond donors (Lipinski definition) is 0. The Morgan fingerprint density at radius 1 is 1.25 bits per heavy atom. The second kappa shape index (κ2) is 6.60. The minimum absolute atomic E-state index is 0.0427. The van der Waals surface area contributed by atoms with Crippen molar-refractivity contribution in [3.63, 3.8) is 0 Å². The van der Waals surface area contributed by atoms with E-state index in [4.69, 9.17) is 9.47 Å². The molecule has 1 fully saturated rings. The van der Waals surface area contributed by atoms with Crippen molar-refractivity contribution in [3.05, 3.63) is 47.8 Å². The summed E-state index contributed by atoms with van der Waals surface area (Å²) in [6.07, 6.45) is -1.73. The van der Waals surface area contributed by atoms with Crippen molar-refractivity contribution in [2.75, 3.05) is 13.2 Å². The molecule has 1 saturated heterocycles. The molecule has 1 atom stereocenters. The zero-order valence-electron chi connectivity index (χ0n) is 12.5. The average Bonchev–Trinajstić information content (AvgIpc) is 2.52. The summed E-state index contributed by atoms with van der Waals surface area (Å²) >= 11 is 0. The second-order valence-electron chi connectivity index (χ2n) is 5.43. The summed E-state index contributed by atoms with van der Waals surface area (Å²) in [5, 5.41) is 0. The highest BCUT2D eigenvalue weighted by Crippen LogP contribution is 2.30. The van der Waals surface area contributed by atoms with Gasteiger partial charge in [0.25, 0.3) is 0 Å². The van der Waals surface area contributed by atoms with Gasteiger partial charge >= 0.3 is 6.18 Å². The molecular formula is C17H14F3NO3. The first-order valence-corrected chi connectivity index (χ1v) is 7.34. The predicted octanol–water partition coefficient (Wildman–Crippen LogP) is 3.75. The molecule has 2 heterocycles. The van der Waals surface area contributed by atoms with Crippen molar-refractivity contribution < 1.29 is 27.4 Å². The summed E-state index contributed by atoms with van der Waals surface area (Å²) in [5.74, 6) is 0.463. The van der Waals surface area contributed by atoms with Crippen LogP contribution >= 0.6 is 0 Å². The van der Waals surface area contributed by atoms with Crippen LogP contribution in [0.3, 0.4) is 0 Å². The molecule has 126 valence electrons. The molecule has 4 nitrogen and oxygen atoms in total. The fourth-order valence-electron chi connectivity index (χ4n) is 2.28. The van der Waals surface area contributed by atoms with Crippen LogP contribution in [0.5, 0.6) is 5.75 Å². The fourth-order valence-corrected chi connectivity index (χ4v) is 2.28. The van der Waals surface area contributed by atoms with Crippen molar-refractivity contribution in [3.8, 4) is 16.9 Å². The normalized spacial score (nSPS) is 17.2. The van der Waals surface area contributed by atoms with E-state index < -0.39 is 11.9 Å². The van der Waals surface area contributed by atoms with E-state index in [9.17, 15) is 18.0 Å². The van der Waals surface area contributed by atoms with Crippen LogP contribution in [0.2, 0.25) is 0 Å². The van der Waals surface area contributed by atoms with E-state index in [0.717, 1.165) is 18.7 Å². The molecule has 0 amide bonds. The van der Waals surface area contributed by atoms with Gasteiger partial charge in [-0.1, -0.05) is 6.07 Å². The summed E-state index contributed by atoms with van der Waals surface area (Å²) in [6, 6.07) is 7.04. The van der Waals surface area contributed by atoms with Gasteiger partial charge in [-0.05, 0) is 29.8 Å². The molecule has 1 aromatic heterocycles. The number of rotatable bonds is 5. The van der Waals surface area contributed by atoms with E-state index in [1.807, 2.05) is 0 Å². The van der Waals surface area contributed by atoms with Gasteiger partial charge in [-0.15, -0.1) is 0 Å². The Balaban J connectivity index is 1.84. The van der Waals surface area contributed by atoms with Crippen molar-refractivity contribution >= 4 is 6.29 Å². The van der Waals surface area contributed by atoms with Crippen molar-refractivity contribution in [1.82, 2.24) is 4.98 Å². The third kappa shape index (κ3) is 3.73. The van der Waals surface area contributed by atoms with Gasteiger partial charge in [-0.3, -0.25) is 9.78 Å². The Hall–Kier alpha value is -2.41. The van der Waals surface area contributed by atoms with Gasteiger partial charge in [0.15, 0.2) is 0 Å². The zero-order valence-corrected chi connectivity index (χ0v) is 12.5. The number of nitrogens with zero attached hydrogens (tertiary/aromatic N) is 1. The summed E-state index contributed by atoms with van der Waals surface area (Å²) in [5.41, 5.74) is 0.440. The van der Waals surface area contributed by atoms with E-state index in [2.05, 4.69) is 4.98 Å². The molecule has 1 aliphatic rings. The molecule has 0 N–H and O–H groups in total. The Morgan fingerprint density at radius 2 is 2.04 bits per heavy atom. The predicted molar refractivity (Wildman–Crippen MR) is 79.9 cm³/mol. The van der Waals surface area contributed by atoms with E-state index in [1.54, 1.807) is 18.2 Å². The van der Waals surface area contributed by atoms with Gasteiger partial charge in [0, 0.05) is 30.4 Å². The Morgan fingerprint density at radius 3 is 2.58 bits per heavy atom. The lowest BCUT2D eigenvalue weighted by molar-refractivity contribution is -0.141. The first-order valence-electron chi connectivity index (χ1n) is 7.34. The van der Waals surface area contributed by atoms with E-state index >= 15 is 0 Å². The van der Waals surface area contributed by atoms with Crippen LogP contribution in [0.25, 0.3) is 11.1 Å². The van der Waals surface area contributed by atoms with Gasteiger partial charge in [0.1, 0.15) is 24.3 Å². The van der Waals surface area contributed by atoms with Gasteiger partial charge in [0.2, 0.25) is 0 Å². The first-order chi connectivity index (χ1) is 11.5. The molecule has 24 heavy (non-hydrogen) atoms. The molecule has 1 aliphatic heterocycles. The lowest BCUT2D eigenvalue weighted by Crippen LogP contribution is -2.32. The maximum absolute atomic E-state index is 12.6. The Bertz CT molecular complexity index is 725. The van der Waals surface area contributed by atoms with Gasteiger partial charge in [0.05, 0.1) is 6.10 Å². The fraction of sp³-hybridized carbons (Fsp3) is 0.294. The van der Waals surface area contributed by atoms with Crippen LogP contribution in [0, 0.1) is 0 Å². The molecule has 0 aliphatic carbocycles. The molecule has 0 bridgehead atoms. The summed E-state index contributed by atoms with van der Waals surface area (Å²) in [6.45, 7) is 1.08. The number of ether oxygens (including phenoxy) is 2. The first kappa shape index (κ1) is 16.4. The molecule has 1 unspecified atom stereocenters. The topological polar surface area (TPSA) is 48.4 Å². The van der Waals surface area contributed by atoms with Crippen molar-refractivity contribution in [2.24, 2.45) is 0 Å². The monoisotopic (exact) mass is 337 g/mol. The van der Waals surface area contributed by atoms with Gasteiger partial charge in [-0.25, -0.2) is 0 Å². The van der Waals surface area contributed by atoms with Gasteiger partial charge < -0.3 is 9.47 Å². The van der Waals surface area contributed by atoms with Crippen LogP contribution in [0.4, 0.5) is 13.2 Å². The maximum atomic E-state index is 12.6. The van der Waals surface area contributed by atoms with E-state index in [0.29, 0.717) is 41.9 Å². The maximum Gasteiger partial charge on any atom is 0.433 e. The highest BCUT2D eigenvalue weighted by Gasteiger charge is 2.32. The quantitative estimate of drug-likeness (QED) is 0.780. The number of aromatic nitrogens is 1.